The van der Waals surface area contributed by atoms with Gasteiger partial charge in [0.15, 0.2) is 0 Å². The van der Waals surface area contributed by atoms with Crippen molar-refractivity contribution in [2.75, 3.05) is 0 Å². The van der Waals surface area contributed by atoms with Crippen molar-refractivity contribution in [3.63, 3.8) is 0 Å². The molecule has 0 N–H and O–H groups in total. The molecule has 0 bridgehead atoms. The van der Waals surface area contributed by atoms with Gasteiger partial charge in [-0.3, -0.25) is 4.98 Å². The molecule has 0 atom stereocenters. The van der Waals surface area contributed by atoms with Gasteiger partial charge in [-0.2, -0.15) is 5.10 Å². The smallest absolute Gasteiger partial charge is 0.114 e. The fourth-order valence-electron chi connectivity index (χ4n) is 4.10. The van der Waals surface area contributed by atoms with Gasteiger partial charge in [-0.25, -0.2) is 0 Å². The van der Waals surface area contributed by atoms with E-state index in [9.17, 15) is 0 Å². The van der Waals surface area contributed by atoms with Crippen LogP contribution in [0.25, 0.3) is 39.2 Å². The van der Waals surface area contributed by atoms with Crippen LogP contribution in [-0.4, -0.2) is 24.3 Å². The van der Waals surface area contributed by atoms with Crippen LogP contribution in [0.4, 0.5) is 0 Å². The zero-order chi connectivity index (χ0) is 20.8. The zero-order valence-corrected chi connectivity index (χ0v) is 20.2. The predicted molar refractivity (Wildman–Crippen MR) is 120 cm³/mol. The van der Waals surface area contributed by atoms with Crippen LogP contribution >= 0.6 is 0 Å². The second-order valence-corrected chi connectivity index (χ2v) is 7.68. The second kappa shape index (κ2) is 8.22. The minimum Gasteiger partial charge on any atom is -0.349 e. The molecule has 0 spiro atoms. The van der Waals surface area contributed by atoms with E-state index >= 15 is 0 Å². The molecule has 1 radical (unpaired) electrons. The fourth-order valence-corrected chi connectivity index (χ4v) is 4.10. The molecular weight excluding hydrogens is 563 g/mol. The van der Waals surface area contributed by atoms with Crippen LogP contribution in [-0.2, 0) is 27.2 Å². The van der Waals surface area contributed by atoms with E-state index in [2.05, 4.69) is 86.7 Å². The summed E-state index contributed by atoms with van der Waals surface area (Å²) in [5, 5.41) is 8.64. The van der Waals surface area contributed by atoms with Crippen LogP contribution in [0.2, 0.25) is 0 Å². The SMILES string of the molecule is Cc1cc(-c2ccccc2)cc(C)c1-n1cnnc1-c1[c-]cc2nc(C)n(C)c2c1.[Ir]. The summed E-state index contributed by atoms with van der Waals surface area (Å²) in [6.07, 6.45) is 1.78. The van der Waals surface area contributed by atoms with Crippen molar-refractivity contribution < 1.29 is 20.1 Å². The monoisotopic (exact) mass is 585 g/mol. The average Bonchev–Trinajstić information content (AvgIpc) is 3.33. The predicted octanol–water partition coefficient (Wildman–Crippen LogP) is 5.21. The standard InChI is InChI=1S/C25H22N5.Ir/c1-16-12-21(19-8-6-5-7-9-19)13-17(2)24(16)30-15-26-28-25(30)20-10-11-22-23(14-20)29(4)18(3)27-22;/h5-9,11-15H,1-4H3;/q-1;. The Morgan fingerprint density at radius 1 is 0.903 bits per heavy atom. The molecule has 5 rings (SSSR count). The molecular formula is C25H22IrN5-. The molecule has 0 fully saturated rings. The molecule has 157 valence electrons. The Kier molecular flexibility index (Phi) is 5.61. The summed E-state index contributed by atoms with van der Waals surface area (Å²) in [5.41, 5.74) is 8.76. The maximum absolute atomic E-state index is 4.57. The van der Waals surface area contributed by atoms with E-state index < -0.39 is 0 Å². The van der Waals surface area contributed by atoms with Gasteiger partial charge in [-0.1, -0.05) is 30.3 Å². The van der Waals surface area contributed by atoms with E-state index in [0.717, 1.165) is 33.9 Å². The van der Waals surface area contributed by atoms with E-state index in [1.54, 1.807) is 6.33 Å². The van der Waals surface area contributed by atoms with Crippen LogP contribution in [0.1, 0.15) is 17.0 Å². The molecule has 0 unspecified atom stereocenters. The van der Waals surface area contributed by atoms with Crippen LogP contribution in [0.15, 0.2) is 60.9 Å². The number of nitrogens with zero attached hydrogens (tertiary/aromatic N) is 5. The summed E-state index contributed by atoms with van der Waals surface area (Å²) in [7, 11) is 2.02. The van der Waals surface area contributed by atoms with Gasteiger partial charge in [0.2, 0.25) is 0 Å². The molecule has 6 heteroatoms. The molecule has 0 saturated carbocycles. The van der Waals surface area contributed by atoms with Gasteiger partial charge in [-0.05, 0) is 60.7 Å². The molecule has 0 amide bonds. The van der Waals surface area contributed by atoms with Crippen LogP contribution in [0.3, 0.4) is 0 Å². The van der Waals surface area contributed by atoms with Crippen molar-refractivity contribution in [1.29, 1.82) is 0 Å². The molecule has 0 saturated heterocycles. The first-order valence-corrected chi connectivity index (χ1v) is 9.95. The van der Waals surface area contributed by atoms with E-state index in [4.69, 9.17) is 0 Å². The first-order valence-electron chi connectivity index (χ1n) is 9.95. The van der Waals surface area contributed by atoms with E-state index in [-0.39, 0.29) is 20.1 Å². The van der Waals surface area contributed by atoms with Gasteiger partial charge in [0.05, 0.1) is 11.6 Å². The third-order valence-electron chi connectivity index (χ3n) is 5.66. The number of fused-ring (bicyclic) bond motifs is 1. The third kappa shape index (κ3) is 3.62. The molecule has 31 heavy (non-hydrogen) atoms. The Hall–Kier alpha value is -3.08. The van der Waals surface area contributed by atoms with Gasteiger partial charge in [-0.15, -0.1) is 28.9 Å². The van der Waals surface area contributed by atoms with Crippen molar-refractivity contribution in [3.05, 3.63) is 83.9 Å². The molecule has 5 aromatic rings. The van der Waals surface area contributed by atoms with Gasteiger partial charge in [0.1, 0.15) is 6.33 Å². The summed E-state index contributed by atoms with van der Waals surface area (Å²) < 4.78 is 4.14. The summed E-state index contributed by atoms with van der Waals surface area (Å²) >= 11 is 0. The Morgan fingerprint density at radius 2 is 1.61 bits per heavy atom. The van der Waals surface area contributed by atoms with E-state index in [1.807, 2.05) is 26.1 Å². The molecule has 5 nitrogen and oxygen atoms in total. The van der Waals surface area contributed by atoms with Crippen molar-refractivity contribution in [1.82, 2.24) is 24.3 Å². The quantitative estimate of drug-likeness (QED) is 0.274. The molecule has 0 aliphatic rings. The van der Waals surface area contributed by atoms with Crippen molar-refractivity contribution in [2.45, 2.75) is 20.8 Å². The summed E-state index contributed by atoms with van der Waals surface area (Å²) in [6, 6.07) is 22.2. The summed E-state index contributed by atoms with van der Waals surface area (Å²) in [5.74, 6) is 1.75. The number of rotatable bonds is 3. The van der Waals surface area contributed by atoms with E-state index in [1.165, 1.54) is 22.3 Å². The number of benzene rings is 3. The normalized spacial score (nSPS) is 11.0. The van der Waals surface area contributed by atoms with Crippen molar-refractivity contribution in [3.8, 4) is 28.2 Å². The minimum absolute atomic E-state index is 0. The number of aryl methyl sites for hydroxylation is 4. The molecule has 2 aromatic heterocycles. The van der Waals surface area contributed by atoms with Crippen LogP contribution < -0.4 is 0 Å². The molecule has 0 aliphatic heterocycles. The first kappa shape index (κ1) is 21.2. The molecule has 2 heterocycles. The topological polar surface area (TPSA) is 48.5 Å². The minimum atomic E-state index is 0. The summed E-state index contributed by atoms with van der Waals surface area (Å²) in [6.45, 7) is 6.27. The van der Waals surface area contributed by atoms with Gasteiger partial charge in [0, 0.05) is 38.4 Å². The number of aromatic nitrogens is 5. The first-order chi connectivity index (χ1) is 14.5. The maximum atomic E-state index is 4.57. The van der Waals surface area contributed by atoms with E-state index in [0.29, 0.717) is 0 Å². The third-order valence-corrected chi connectivity index (χ3v) is 5.66. The molecule has 3 aromatic carbocycles. The van der Waals surface area contributed by atoms with Crippen LogP contribution in [0, 0.1) is 26.8 Å². The van der Waals surface area contributed by atoms with Crippen molar-refractivity contribution >= 4 is 11.0 Å². The number of hydrogen-bond donors (Lipinski definition) is 0. The Balaban J connectivity index is 0.00000231. The maximum Gasteiger partial charge on any atom is 0.114 e. The summed E-state index contributed by atoms with van der Waals surface area (Å²) in [4.78, 5) is 4.57. The van der Waals surface area contributed by atoms with Gasteiger partial charge in [0.25, 0.3) is 0 Å². The fraction of sp³-hybridized carbons (Fsp3) is 0.160. The zero-order valence-electron chi connectivity index (χ0n) is 17.8. The second-order valence-electron chi connectivity index (χ2n) is 7.68. The van der Waals surface area contributed by atoms with Crippen molar-refractivity contribution in [2.24, 2.45) is 7.05 Å². The Morgan fingerprint density at radius 3 is 2.32 bits per heavy atom. The molecule has 0 aliphatic carbocycles. The average molecular weight is 585 g/mol. The Bertz CT molecular complexity index is 1360. The van der Waals surface area contributed by atoms with Gasteiger partial charge >= 0.3 is 0 Å². The number of hydrogen-bond acceptors (Lipinski definition) is 3. The van der Waals surface area contributed by atoms with Gasteiger partial charge < -0.3 is 9.13 Å². The Labute approximate surface area is 195 Å². The number of imidazole rings is 1. The van der Waals surface area contributed by atoms with Crippen LogP contribution in [0.5, 0.6) is 0 Å². The largest absolute Gasteiger partial charge is 0.349 e.